The van der Waals surface area contributed by atoms with E-state index in [2.05, 4.69) is 0 Å². The van der Waals surface area contributed by atoms with Crippen LogP contribution in [0.1, 0.15) is 26.7 Å². The molecule has 0 fully saturated rings. The molecule has 0 aromatic rings. The first-order chi connectivity index (χ1) is 5.15. The zero-order valence-corrected chi connectivity index (χ0v) is 6.89. The fraction of sp³-hybridized carbons (Fsp3) is 0.625. The van der Waals surface area contributed by atoms with Gasteiger partial charge in [-0.15, -0.1) is 0 Å². The van der Waals surface area contributed by atoms with Crippen molar-refractivity contribution >= 4 is 5.91 Å². The molecular formula is C8H13NO2. The first-order valence-corrected chi connectivity index (χ1v) is 3.81. The van der Waals surface area contributed by atoms with E-state index in [1.54, 1.807) is 6.92 Å². The number of primary amides is 1. The van der Waals surface area contributed by atoms with Gasteiger partial charge in [0.25, 0.3) is 0 Å². The van der Waals surface area contributed by atoms with Crippen LogP contribution >= 0.6 is 0 Å². The van der Waals surface area contributed by atoms with E-state index in [0.29, 0.717) is 17.8 Å². The molecule has 0 aliphatic carbocycles. The minimum Gasteiger partial charge on any atom is -0.494 e. The van der Waals surface area contributed by atoms with E-state index in [-0.39, 0.29) is 12.0 Å². The van der Waals surface area contributed by atoms with Gasteiger partial charge in [0.05, 0.1) is 5.57 Å². The second-order valence-electron chi connectivity index (χ2n) is 2.75. The molecule has 1 atom stereocenters. The van der Waals surface area contributed by atoms with Gasteiger partial charge in [-0.2, -0.15) is 0 Å². The fourth-order valence-electron chi connectivity index (χ4n) is 1.24. The summed E-state index contributed by atoms with van der Waals surface area (Å²) in [6.07, 6.45) is 1.77. The Kier molecular flexibility index (Phi) is 2.17. The molecule has 0 bridgehead atoms. The molecule has 0 saturated heterocycles. The third-order valence-electron chi connectivity index (χ3n) is 1.95. The number of hydrogen-bond acceptors (Lipinski definition) is 2. The van der Waals surface area contributed by atoms with Crippen molar-refractivity contribution in [1.29, 1.82) is 0 Å². The zero-order valence-electron chi connectivity index (χ0n) is 6.89. The number of allylic oxidation sites excluding steroid dienone is 1. The van der Waals surface area contributed by atoms with Crippen LogP contribution in [0.15, 0.2) is 11.3 Å². The van der Waals surface area contributed by atoms with E-state index in [0.717, 1.165) is 6.42 Å². The fourth-order valence-corrected chi connectivity index (χ4v) is 1.24. The molecule has 0 spiro atoms. The van der Waals surface area contributed by atoms with Gasteiger partial charge in [-0.1, -0.05) is 6.92 Å². The van der Waals surface area contributed by atoms with Crippen LogP contribution in [0.2, 0.25) is 0 Å². The van der Waals surface area contributed by atoms with Crippen molar-refractivity contribution in [1.82, 2.24) is 0 Å². The largest absolute Gasteiger partial charge is 0.494 e. The van der Waals surface area contributed by atoms with Crippen molar-refractivity contribution < 1.29 is 9.53 Å². The van der Waals surface area contributed by atoms with Crippen LogP contribution in [0.5, 0.6) is 0 Å². The molecule has 3 heteroatoms. The third-order valence-corrected chi connectivity index (χ3v) is 1.95. The average Bonchev–Trinajstić information content (AvgIpc) is 2.30. The van der Waals surface area contributed by atoms with E-state index in [9.17, 15) is 4.79 Å². The lowest BCUT2D eigenvalue weighted by molar-refractivity contribution is -0.114. The molecule has 0 saturated carbocycles. The smallest absolute Gasteiger partial charge is 0.248 e. The summed E-state index contributed by atoms with van der Waals surface area (Å²) in [4.78, 5) is 10.8. The number of rotatable bonds is 2. The summed E-state index contributed by atoms with van der Waals surface area (Å²) in [5.41, 5.74) is 5.78. The summed E-state index contributed by atoms with van der Waals surface area (Å²) in [6, 6.07) is 0. The van der Waals surface area contributed by atoms with E-state index in [1.807, 2.05) is 6.92 Å². The molecule has 3 nitrogen and oxygen atoms in total. The molecule has 1 heterocycles. The predicted molar refractivity (Wildman–Crippen MR) is 41.7 cm³/mol. The van der Waals surface area contributed by atoms with Crippen molar-refractivity contribution in [3.05, 3.63) is 11.3 Å². The van der Waals surface area contributed by atoms with Gasteiger partial charge >= 0.3 is 0 Å². The van der Waals surface area contributed by atoms with E-state index < -0.39 is 0 Å². The maximum absolute atomic E-state index is 10.8. The third kappa shape index (κ3) is 1.53. The van der Waals surface area contributed by atoms with Crippen molar-refractivity contribution in [2.45, 2.75) is 32.8 Å². The second-order valence-corrected chi connectivity index (χ2v) is 2.75. The van der Waals surface area contributed by atoms with Gasteiger partial charge in [-0.25, -0.2) is 0 Å². The minimum atomic E-state index is -0.349. The van der Waals surface area contributed by atoms with Crippen LogP contribution in [0.3, 0.4) is 0 Å². The van der Waals surface area contributed by atoms with Crippen LogP contribution < -0.4 is 5.73 Å². The molecule has 2 N–H and O–H groups in total. The molecule has 1 aliphatic heterocycles. The molecular weight excluding hydrogens is 142 g/mol. The lowest BCUT2D eigenvalue weighted by atomic mass is 10.1. The van der Waals surface area contributed by atoms with Crippen LogP contribution in [-0.4, -0.2) is 12.0 Å². The summed E-state index contributed by atoms with van der Waals surface area (Å²) in [5, 5.41) is 0. The Morgan fingerprint density at radius 3 is 2.73 bits per heavy atom. The van der Waals surface area contributed by atoms with Gasteiger partial charge < -0.3 is 10.5 Å². The lowest BCUT2D eigenvalue weighted by Crippen LogP contribution is -2.14. The Labute approximate surface area is 66.2 Å². The van der Waals surface area contributed by atoms with Gasteiger partial charge in [-0.05, 0) is 13.3 Å². The molecule has 1 unspecified atom stereocenters. The van der Waals surface area contributed by atoms with Crippen molar-refractivity contribution in [3.63, 3.8) is 0 Å². The summed E-state index contributed by atoms with van der Waals surface area (Å²) in [7, 11) is 0. The summed E-state index contributed by atoms with van der Waals surface area (Å²) in [5.74, 6) is 0.350. The highest BCUT2D eigenvalue weighted by Gasteiger charge is 2.24. The zero-order chi connectivity index (χ0) is 8.43. The normalized spacial score (nSPS) is 23.6. The highest BCUT2D eigenvalue weighted by Crippen LogP contribution is 2.25. The SMILES string of the molecule is CCC1CC(C(N)=O)=C(C)O1. The molecule has 1 amide bonds. The topological polar surface area (TPSA) is 52.3 Å². The van der Waals surface area contributed by atoms with E-state index in [4.69, 9.17) is 10.5 Å². The van der Waals surface area contributed by atoms with Gasteiger partial charge in [0.2, 0.25) is 5.91 Å². The van der Waals surface area contributed by atoms with E-state index >= 15 is 0 Å². The molecule has 11 heavy (non-hydrogen) atoms. The minimum absolute atomic E-state index is 0.164. The predicted octanol–water partition coefficient (Wildman–Crippen LogP) is 0.945. The van der Waals surface area contributed by atoms with Crippen LogP contribution in [0, 0.1) is 0 Å². The van der Waals surface area contributed by atoms with Crippen LogP contribution in [-0.2, 0) is 9.53 Å². The van der Waals surface area contributed by atoms with Gasteiger partial charge in [0.1, 0.15) is 11.9 Å². The van der Waals surface area contributed by atoms with E-state index in [1.165, 1.54) is 0 Å². The molecule has 0 aromatic heterocycles. The maximum atomic E-state index is 10.8. The quantitative estimate of drug-likeness (QED) is 0.645. The number of nitrogens with two attached hydrogens (primary N) is 1. The summed E-state index contributed by atoms with van der Waals surface area (Å²) >= 11 is 0. The molecule has 0 radical (unpaired) electrons. The Bertz CT molecular complexity index is 208. The van der Waals surface area contributed by atoms with Gasteiger partial charge in [0, 0.05) is 6.42 Å². The van der Waals surface area contributed by atoms with Crippen molar-refractivity contribution in [3.8, 4) is 0 Å². The number of carbonyl (C=O) groups is 1. The molecule has 62 valence electrons. The standard InChI is InChI=1S/C8H13NO2/c1-3-6-4-7(8(9)10)5(2)11-6/h6H,3-4H2,1-2H3,(H2,9,10). The van der Waals surface area contributed by atoms with Crippen molar-refractivity contribution in [2.24, 2.45) is 5.73 Å². The Hall–Kier alpha value is -0.990. The van der Waals surface area contributed by atoms with Gasteiger partial charge in [-0.3, -0.25) is 4.79 Å². The van der Waals surface area contributed by atoms with Gasteiger partial charge in [0.15, 0.2) is 0 Å². The molecule has 1 rings (SSSR count). The maximum Gasteiger partial charge on any atom is 0.248 e. The number of ether oxygens (including phenoxy) is 1. The van der Waals surface area contributed by atoms with Crippen LogP contribution in [0.25, 0.3) is 0 Å². The molecule has 1 aliphatic rings. The Morgan fingerprint density at radius 2 is 2.45 bits per heavy atom. The highest BCUT2D eigenvalue weighted by molar-refractivity contribution is 5.92. The molecule has 0 aromatic carbocycles. The summed E-state index contributed by atoms with van der Waals surface area (Å²) < 4.78 is 5.36. The lowest BCUT2D eigenvalue weighted by Gasteiger charge is -2.06. The first-order valence-electron chi connectivity index (χ1n) is 3.81. The summed E-state index contributed by atoms with van der Waals surface area (Å²) in [6.45, 7) is 3.82. The monoisotopic (exact) mass is 155 g/mol. The average molecular weight is 155 g/mol. The highest BCUT2D eigenvalue weighted by atomic mass is 16.5. The number of hydrogen-bond donors (Lipinski definition) is 1. The number of carbonyl (C=O) groups excluding carboxylic acids is 1. The number of amides is 1. The first kappa shape index (κ1) is 8.11. The Morgan fingerprint density at radius 1 is 1.82 bits per heavy atom. The van der Waals surface area contributed by atoms with Crippen LogP contribution in [0.4, 0.5) is 0 Å². The Balaban J connectivity index is 2.67. The van der Waals surface area contributed by atoms with Crippen molar-refractivity contribution in [2.75, 3.05) is 0 Å². The second kappa shape index (κ2) is 2.95.